The molecule has 0 radical (unpaired) electrons. The van der Waals surface area contributed by atoms with Crippen LogP contribution in [-0.2, 0) is 27.9 Å². The van der Waals surface area contributed by atoms with E-state index in [0.717, 1.165) is 49.8 Å². The van der Waals surface area contributed by atoms with Gasteiger partial charge in [-0.15, -0.1) is 0 Å². The number of phosphoric acid groups is 1. The predicted octanol–water partition coefficient (Wildman–Crippen LogP) is 6.79. The molecule has 0 aliphatic carbocycles. The number of carbonyl (C=O) groups excluding carboxylic acids is 1. The van der Waals surface area contributed by atoms with Gasteiger partial charge in [0.1, 0.15) is 6.10 Å². The van der Waals surface area contributed by atoms with Gasteiger partial charge in [0.25, 0.3) is 7.82 Å². The normalized spacial score (nSPS) is 24.6. The van der Waals surface area contributed by atoms with E-state index in [9.17, 15) is 14.3 Å². The quantitative estimate of drug-likeness (QED) is 0.0501. The molecule has 3 aliphatic rings. The molecule has 0 aromatic rings. The monoisotopic (exact) mass is 589 g/mol. The molecule has 0 N–H and O–H groups in total. The van der Waals surface area contributed by atoms with Gasteiger partial charge in [0.05, 0.1) is 46.5 Å². The number of piperidine rings is 3. The minimum atomic E-state index is -4.49. The SMILES string of the molecule is CCCCCCCCCCCCCCCCOCC(COP(=O)([O-])OCC1C[N+]2(C)CCC1CC2)OC(=O)CC. The fourth-order valence-electron chi connectivity index (χ4n) is 6.17. The number of hydrogen-bond donors (Lipinski definition) is 0. The molecule has 3 unspecified atom stereocenters. The first-order valence-corrected chi connectivity index (χ1v) is 17.9. The van der Waals surface area contributed by atoms with Crippen molar-refractivity contribution in [1.82, 2.24) is 0 Å². The summed E-state index contributed by atoms with van der Waals surface area (Å²) >= 11 is 0. The predicted molar refractivity (Wildman–Crippen MR) is 158 cm³/mol. The molecule has 0 saturated carbocycles. The number of ether oxygens (including phenoxy) is 2. The Morgan fingerprint density at radius 2 is 1.40 bits per heavy atom. The zero-order chi connectivity index (χ0) is 29.1. The van der Waals surface area contributed by atoms with Gasteiger partial charge in [0.2, 0.25) is 0 Å². The van der Waals surface area contributed by atoms with Gasteiger partial charge in [-0.05, 0) is 12.3 Å². The fourth-order valence-corrected chi connectivity index (χ4v) is 6.96. The summed E-state index contributed by atoms with van der Waals surface area (Å²) in [5.41, 5.74) is 0. The Morgan fingerprint density at radius 1 is 0.850 bits per heavy atom. The Morgan fingerprint density at radius 3 is 1.93 bits per heavy atom. The molecule has 2 bridgehead atoms. The van der Waals surface area contributed by atoms with Gasteiger partial charge >= 0.3 is 5.97 Å². The van der Waals surface area contributed by atoms with Crippen LogP contribution in [0.3, 0.4) is 0 Å². The summed E-state index contributed by atoms with van der Waals surface area (Å²) < 4.78 is 34.9. The molecule has 9 heteroatoms. The van der Waals surface area contributed by atoms with Crippen LogP contribution in [-0.4, -0.2) is 69.7 Å². The Kier molecular flexibility index (Phi) is 18.2. The van der Waals surface area contributed by atoms with Crippen LogP contribution in [0.5, 0.6) is 0 Å². The van der Waals surface area contributed by atoms with Crippen molar-refractivity contribution in [2.45, 2.75) is 129 Å². The van der Waals surface area contributed by atoms with Crippen LogP contribution in [0.4, 0.5) is 0 Å². The van der Waals surface area contributed by atoms with Crippen LogP contribution in [0, 0.1) is 11.8 Å². The van der Waals surface area contributed by atoms with Gasteiger partial charge < -0.3 is 27.9 Å². The molecule has 40 heavy (non-hydrogen) atoms. The number of phosphoric ester groups is 1. The third kappa shape index (κ3) is 15.7. The number of unbranched alkanes of at least 4 members (excludes halogenated alkanes) is 13. The molecule has 3 fully saturated rings. The number of fused-ring (bicyclic) bond motifs is 3. The van der Waals surface area contributed by atoms with Crippen molar-refractivity contribution in [2.75, 3.05) is 53.1 Å². The number of carbonyl (C=O) groups is 1. The second kappa shape index (κ2) is 20.4. The number of rotatable bonds is 25. The highest BCUT2D eigenvalue weighted by atomic mass is 31.2. The molecule has 0 aromatic carbocycles. The highest BCUT2D eigenvalue weighted by Crippen LogP contribution is 2.43. The molecule has 8 nitrogen and oxygen atoms in total. The van der Waals surface area contributed by atoms with Gasteiger partial charge in [-0.1, -0.05) is 97.3 Å². The van der Waals surface area contributed by atoms with Crippen LogP contribution in [0.15, 0.2) is 0 Å². The average molecular weight is 590 g/mol. The molecular weight excluding hydrogens is 529 g/mol. The van der Waals surface area contributed by atoms with Crippen molar-refractivity contribution < 1.29 is 37.3 Å². The van der Waals surface area contributed by atoms with Gasteiger partial charge in [0, 0.05) is 31.8 Å². The summed E-state index contributed by atoms with van der Waals surface area (Å²) in [6.07, 6.45) is 19.9. The van der Waals surface area contributed by atoms with E-state index < -0.39 is 19.9 Å². The Hall–Kier alpha value is -0.500. The lowest BCUT2D eigenvalue weighted by molar-refractivity contribution is -0.929. The molecule has 3 rings (SSSR count). The number of esters is 1. The molecule has 0 amide bonds. The van der Waals surface area contributed by atoms with Crippen molar-refractivity contribution in [3.8, 4) is 0 Å². The topological polar surface area (TPSA) is 94.1 Å². The maximum atomic E-state index is 12.4. The summed E-state index contributed by atoms with van der Waals surface area (Å²) in [5, 5.41) is 0. The summed E-state index contributed by atoms with van der Waals surface area (Å²) in [5.74, 6) is 0.363. The average Bonchev–Trinajstić information content (AvgIpc) is 2.94. The highest BCUT2D eigenvalue weighted by Gasteiger charge is 2.43. The largest absolute Gasteiger partial charge is 0.756 e. The fraction of sp³-hybridized carbons (Fsp3) is 0.968. The number of quaternary nitrogens is 1. The maximum absolute atomic E-state index is 12.4. The summed E-state index contributed by atoms with van der Waals surface area (Å²) in [6, 6.07) is 0. The van der Waals surface area contributed by atoms with Crippen LogP contribution in [0.1, 0.15) is 123 Å². The van der Waals surface area contributed by atoms with Gasteiger partial charge in [-0.25, -0.2) is 0 Å². The Bertz CT molecular complexity index is 714. The first-order valence-electron chi connectivity index (χ1n) is 16.5. The molecule has 3 heterocycles. The molecule has 3 aliphatic heterocycles. The Labute approximate surface area is 245 Å². The lowest BCUT2D eigenvalue weighted by Crippen LogP contribution is -2.60. The number of hydrogen-bond acceptors (Lipinski definition) is 7. The first kappa shape index (κ1) is 35.7. The van der Waals surface area contributed by atoms with E-state index in [2.05, 4.69) is 14.0 Å². The van der Waals surface area contributed by atoms with E-state index in [-0.39, 0.29) is 32.2 Å². The molecular formula is C31H60NO7P. The van der Waals surface area contributed by atoms with Crippen LogP contribution in [0.25, 0.3) is 0 Å². The van der Waals surface area contributed by atoms with Crippen molar-refractivity contribution in [1.29, 1.82) is 0 Å². The molecule has 3 atom stereocenters. The second-order valence-electron chi connectivity index (χ2n) is 12.5. The number of nitrogens with zero attached hydrogens (tertiary/aromatic N) is 1. The summed E-state index contributed by atoms with van der Waals surface area (Å²) in [7, 11) is -2.25. The van der Waals surface area contributed by atoms with E-state index in [1.807, 2.05) is 0 Å². The van der Waals surface area contributed by atoms with Crippen molar-refractivity contribution in [3.05, 3.63) is 0 Å². The van der Waals surface area contributed by atoms with E-state index in [0.29, 0.717) is 12.5 Å². The van der Waals surface area contributed by atoms with Crippen molar-refractivity contribution >= 4 is 13.8 Å². The third-order valence-electron chi connectivity index (χ3n) is 8.82. The van der Waals surface area contributed by atoms with Gasteiger partial charge in [-0.2, -0.15) is 0 Å². The van der Waals surface area contributed by atoms with E-state index >= 15 is 0 Å². The van der Waals surface area contributed by atoms with E-state index in [1.165, 1.54) is 77.0 Å². The van der Waals surface area contributed by atoms with Crippen molar-refractivity contribution in [2.24, 2.45) is 11.8 Å². The zero-order valence-corrected chi connectivity index (χ0v) is 26.8. The van der Waals surface area contributed by atoms with Gasteiger partial charge in [-0.3, -0.25) is 9.36 Å². The van der Waals surface area contributed by atoms with Gasteiger partial charge in [0.15, 0.2) is 0 Å². The van der Waals surface area contributed by atoms with Crippen LogP contribution in [0.2, 0.25) is 0 Å². The lowest BCUT2D eigenvalue weighted by Gasteiger charge is -2.50. The van der Waals surface area contributed by atoms with Crippen LogP contribution < -0.4 is 4.89 Å². The zero-order valence-electron chi connectivity index (χ0n) is 26.0. The minimum absolute atomic E-state index is 0.116. The highest BCUT2D eigenvalue weighted by molar-refractivity contribution is 7.45. The van der Waals surface area contributed by atoms with Crippen LogP contribution >= 0.6 is 7.82 Å². The molecule has 3 saturated heterocycles. The third-order valence-corrected chi connectivity index (χ3v) is 9.75. The second-order valence-corrected chi connectivity index (χ2v) is 13.9. The first-order chi connectivity index (χ1) is 19.3. The van der Waals surface area contributed by atoms with Crippen molar-refractivity contribution in [3.63, 3.8) is 0 Å². The molecule has 0 aromatic heterocycles. The van der Waals surface area contributed by atoms with E-state index in [1.54, 1.807) is 6.92 Å². The minimum Gasteiger partial charge on any atom is -0.756 e. The smallest absolute Gasteiger partial charge is 0.305 e. The molecule has 0 spiro atoms. The standard InChI is InChI=1S/C31H60NO7P/c1-4-6-7-8-9-10-11-12-13-14-15-16-17-18-23-36-26-30(39-31(33)5-2)27-38-40(34,35)37-25-29-24-32(3)21-19-28(29)20-22-32/h28-30H,4-27H2,1-3H3. The summed E-state index contributed by atoms with van der Waals surface area (Å²) in [4.78, 5) is 24.3. The lowest BCUT2D eigenvalue weighted by atomic mass is 9.78. The Balaban J connectivity index is 1.52. The summed E-state index contributed by atoms with van der Waals surface area (Å²) in [6.45, 7) is 7.80. The van der Waals surface area contributed by atoms with E-state index in [4.69, 9.17) is 18.5 Å². The molecule has 236 valence electrons. The maximum Gasteiger partial charge on any atom is 0.305 e.